The lowest BCUT2D eigenvalue weighted by Crippen LogP contribution is -2.05. The number of hydrogen-bond donors (Lipinski definition) is 2. The Kier molecular flexibility index (Phi) is 3.66. The summed E-state index contributed by atoms with van der Waals surface area (Å²) in [6.07, 6.45) is 0. The van der Waals surface area contributed by atoms with E-state index in [2.05, 4.69) is 10.1 Å². The van der Waals surface area contributed by atoms with Crippen LogP contribution in [0.2, 0.25) is 0 Å². The third-order valence-corrected chi connectivity index (χ3v) is 2.61. The van der Waals surface area contributed by atoms with Gasteiger partial charge in [0.1, 0.15) is 5.82 Å². The predicted octanol–water partition coefficient (Wildman–Crippen LogP) is 2.94. The number of ether oxygens (including phenoxy) is 1. The maximum absolute atomic E-state index is 13.4. The smallest absolute Gasteiger partial charge is 0.339 e. The highest BCUT2D eigenvalue weighted by Crippen LogP contribution is 2.23. The van der Waals surface area contributed by atoms with Crippen molar-refractivity contribution in [1.82, 2.24) is 0 Å². The molecule has 0 spiro atoms. The molecule has 2 rings (SSSR count). The number of carbonyl (C=O) groups excluding carboxylic acids is 1. The lowest BCUT2D eigenvalue weighted by Gasteiger charge is -2.11. The average molecular weight is 260 g/mol. The van der Waals surface area contributed by atoms with E-state index in [0.717, 1.165) is 0 Å². The zero-order valence-electron chi connectivity index (χ0n) is 10.3. The van der Waals surface area contributed by atoms with Crippen molar-refractivity contribution in [1.29, 1.82) is 0 Å². The second kappa shape index (κ2) is 5.39. The molecule has 0 radical (unpaired) electrons. The quantitative estimate of drug-likeness (QED) is 0.658. The van der Waals surface area contributed by atoms with Crippen LogP contribution in [0.15, 0.2) is 42.5 Å². The minimum absolute atomic E-state index is 0.0757. The van der Waals surface area contributed by atoms with Crippen molar-refractivity contribution in [3.8, 4) is 0 Å². The van der Waals surface area contributed by atoms with Gasteiger partial charge < -0.3 is 15.8 Å². The molecule has 0 aromatic heterocycles. The second-order valence-electron chi connectivity index (χ2n) is 3.90. The summed E-state index contributed by atoms with van der Waals surface area (Å²) in [5.74, 6) is -0.973. The van der Waals surface area contributed by atoms with Crippen LogP contribution in [0.5, 0.6) is 0 Å². The third kappa shape index (κ3) is 2.82. The van der Waals surface area contributed by atoms with Gasteiger partial charge in [-0.15, -0.1) is 0 Å². The number of benzene rings is 2. The van der Waals surface area contributed by atoms with Crippen LogP contribution < -0.4 is 11.1 Å². The molecule has 3 N–H and O–H groups in total. The summed E-state index contributed by atoms with van der Waals surface area (Å²) in [5, 5.41) is 2.96. The number of esters is 1. The van der Waals surface area contributed by atoms with E-state index in [-0.39, 0.29) is 5.69 Å². The van der Waals surface area contributed by atoms with Gasteiger partial charge >= 0.3 is 5.97 Å². The third-order valence-electron chi connectivity index (χ3n) is 2.61. The molecule has 0 fully saturated rings. The number of nitrogens with two attached hydrogens (primary N) is 1. The van der Waals surface area contributed by atoms with Crippen molar-refractivity contribution >= 4 is 23.0 Å². The molecule has 0 amide bonds. The molecule has 0 aliphatic heterocycles. The number of anilines is 3. The van der Waals surface area contributed by atoms with Gasteiger partial charge in [-0.25, -0.2) is 9.18 Å². The first-order chi connectivity index (χ1) is 9.11. The van der Waals surface area contributed by atoms with Crippen molar-refractivity contribution < 1.29 is 13.9 Å². The molecule has 2 aromatic rings. The van der Waals surface area contributed by atoms with E-state index in [1.165, 1.54) is 19.2 Å². The van der Waals surface area contributed by atoms with Gasteiger partial charge in [0.15, 0.2) is 0 Å². The minimum Gasteiger partial charge on any atom is -0.465 e. The Hall–Kier alpha value is -2.56. The summed E-state index contributed by atoms with van der Waals surface area (Å²) >= 11 is 0. The van der Waals surface area contributed by atoms with Gasteiger partial charge in [-0.2, -0.15) is 0 Å². The second-order valence-corrected chi connectivity index (χ2v) is 3.90. The molecule has 5 heteroatoms. The Bertz CT molecular complexity index is 614. The fourth-order valence-electron chi connectivity index (χ4n) is 1.64. The highest BCUT2D eigenvalue weighted by molar-refractivity contribution is 5.96. The number of methoxy groups -OCH3 is 1. The topological polar surface area (TPSA) is 64.3 Å². The van der Waals surface area contributed by atoms with Crippen molar-refractivity contribution in [2.45, 2.75) is 0 Å². The van der Waals surface area contributed by atoms with E-state index in [1.54, 1.807) is 30.3 Å². The van der Waals surface area contributed by atoms with Gasteiger partial charge in [0, 0.05) is 5.69 Å². The van der Waals surface area contributed by atoms with Gasteiger partial charge in [0.2, 0.25) is 0 Å². The average Bonchev–Trinajstić information content (AvgIpc) is 2.43. The lowest BCUT2D eigenvalue weighted by molar-refractivity contribution is 0.0602. The molecule has 4 nitrogen and oxygen atoms in total. The van der Waals surface area contributed by atoms with Crippen LogP contribution in [-0.4, -0.2) is 13.1 Å². The van der Waals surface area contributed by atoms with Crippen LogP contribution in [-0.2, 0) is 4.74 Å². The first-order valence-electron chi connectivity index (χ1n) is 5.61. The SMILES string of the molecule is COC(=O)c1ccccc1Nc1ccc(N)c(F)c1. The van der Waals surface area contributed by atoms with E-state index < -0.39 is 11.8 Å². The number of hydrogen-bond acceptors (Lipinski definition) is 4. The van der Waals surface area contributed by atoms with E-state index in [0.29, 0.717) is 16.9 Å². The number of nitrogens with one attached hydrogen (secondary N) is 1. The van der Waals surface area contributed by atoms with Crippen LogP contribution in [0.25, 0.3) is 0 Å². The molecular weight excluding hydrogens is 247 g/mol. The monoisotopic (exact) mass is 260 g/mol. The Morgan fingerprint density at radius 1 is 1.26 bits per heavy atom. The van der Waals surface area contributed by atoms with Crippen LogP contribution in [0.3, 0.4) is 0 Å². The molecule has 0 atom stereocenters. The Morgan fingerprint density at radius 2 is 2.00 bits per heavy atom. The molecule has 98 valence electrons. The molecule has 0 unspecified atom stereocenters. The van der Waals surface area contributed by atoms with E-state index in [4.69, 9.17) is 5.73 Å². The fraction of sp³-hybridized carbons (Fsp3) is 0.0714. The number of rotatable bonds is 3. The zero-order valence-corrected chi connectivity index (χ0v) is 10.3. The van der Waals surface area contributed by atoms with Crippen LogP contribution in [0, 0.1) is 5.82 Å². The molecule has 0 heterocycles. The predicted molar refractivity (Wildman–Crippen MR) is 71.9 cm³/mol. The molecule has 0 bridgehead atoms. The van der Waals surface area contributed by atoms with Crippen LogP contribution in [0.1, 0.15) is 10.4 Å². The van der Waals surface area contributed by atoms with E-state index >= 15 is 0 Å². The fourth-order valence-corrected chi connectivity index (χ4v) is 1.64. The summed E-state index contributed by atoms with van der Waals surface area (Å²) in [4.78, 5) is 11.6. The van der Waals surface area contributed by atoms with E-state index in [9.17, 15) is 9.18 Å². The van der Waals surface area contributed by atoms with Crippen molar-refractivity contribution in [3.63, 3.8) is 0 Å². The van der Waals surface area contributed by atoms with Crippen molar-refractivity contribution in [3.05, 3.63) is 53.8 Å². The maximum atomic E-state index is 13.4. The molecule has 0 saturated carbocycles. The van der Waals surface area contributed by atoms with Crippen LogP contribution >= 0.6 is 0 Å². The summed E-state index contributed by atoms with van der Waals surface area (Å²) in [5.41, 5.74) is 6.90. The van der Waals surface area contributed by atoms with E-state index in [1.807, 2.05) is 0 Å². The van der Waals surface area contributed by atoms with Crippen molar-refractivity contribution in [2.24, 2.45) is 0 Å². The first kappa shape index (κ1) is 12.9. The molecule has 19 heavy (non-hydrogen) atoms. The van der Waals surface area contributed by atoms with Gasteiger partial charge in [-0.3, -0.25) is 0 Å². The molecule has 2 aromatic carbocycles. The first-order valence-corrected chi connectivity index (χ1v) is 5.61. The summed E-state index contributed by atoms with van der Waals surface area (Å²) in [6.45, 7) is 0. The summed E-state index contributed by atoms with van der Waals surface area (Å²) < 4.78 is 18.0. The van der Waals surface area contributed by atoms with Gasteiger partial charge in [-0.05, 0) is 30.3 Å². The van der Waals surface area contributed by atoms with Crippen LogP contribution in [0.4, 0.5) is 21.5 Å². The highest BCUT2D eigenvalue weighted by atomic mass is 19.1. The van der Waals surface area contributed by atoms with Crippen molar-refractivity contribution in [2.75, 3.05) is 18.2 Å². The van der Waals surface area contributed by atoms with Gasteiger partial charge in [0.25, 0.3) is 0 Å². The summed E-state index contributed by atoms with van der Waals surface area (Å²) in [6, 6.07) is 11.2. The number of halogens is 1. The molecular formula is C14H13FN2O2. The molecule has 0 aliphatic rings. The Labute approximate surface area is 110 Å². The largest absolute Gasteiger partial charge is 0.465 e. The Balaban J connectivity index is 2.32. The number of nitrogen functional groups attached to an aromatic ring is 1. The zero-order chi connectivity index (χ0) is 13.8. The Morgan fingerprint density at radius 3 is 2.68 bits per heavy atom. The van der Waals surface area contributed by atoms with Gasteiger partial charge in [-0.1, -0.05) is 12.1 Å². The molecule has 0 saturated heterocycles. The highest BCUT2D eigenvalue weighted by Gasteiger charge is 2.11. The number of carbonyl (C=O) groups is 1. The number of para-hydroxylation sites is 1. The maximum Gasteiger partial charge on any atom is 0.339 e. The van der Waals surface area contributed by atoms with Gasteiger partial charge in [0.05, 0.1) is 24.0 Å². The minimum atomic E-state index is -0.513. The molecule has 0 aliphatic carbocycles. The lowest BCUT2D eigenvalue weighted by atomic mass is 10.1. The standard InChI is InChI=1S/C14H13FN2O2/c1-19-14(18)10-4-2-3-5-13(10)17-9-6-7-12(16)11(15)8-9/h2-8,17H,16H2,1H3. The normalized spacial score (nSPS) is 10.0. The summed E-state index contributed by atoms with van der Waals surface area (Å²) in [7, 11) is 1.31.